The van der Waals surface area contributed by atoms with Gasteiger partial charge < -0.3 is 11.1 Å². The summed E-state index contributed by atoms with van der Waals surface area (Å²) in [4.78, 5) is 12.3. The van der Waals surface area contributed by atoms with Gasteiger partial charge in [-0.05, 0) is 59.5 Å². The van der Waals surface area contributed by atoms with E-state index in [-0.39, 0.29) is 18.3 Å². The van der Waals surface area contributed by atoms with Crippen molar-refractivity contribution >= 4 is 41.3 Å². The summed E-state index contributed by atoms with van der Waals surface area (Å²) in [7, 11) is 0. The lowest BCUT2D eigenvalue weighted by atomic mass is 10.1. The third-order valence-corrected chi connectivity index (χ3v) is 4.89. The smallest absolute Gasteiger partial charge is 0.224 e. The zero-order chi connectivity index (χ0) is 18.8. The molecule has 146 valence electrons. The van der Waals surface area contributed by atoms with Crippen molar-refractivity contribution in [1.29, 1.82) is 0 Å². The highest BCUT2D eigenvalue weighted by atomic mass is 35.5. The van der Waals surface area contributed by atoms with Crippen molar-refractivity contribution in [2.75, 3.05) is 11.1 Å². The third kappa shape index (κ3) is 4.43. The summed E-state index contributed by atoms with van der Waals surface area (Å²) in [5, 5.41) is 15.4. The predicted octanol–water partition coefficient (Wildman–Crippen LogP) is 3.77. The molecular formula is C19H20Cl2N6O. The first-order chi connectivity index (χ1) is 13.1. The summed E-state index contributed by atoms with van der Waals surface area (Å²) < 4.78 is 1.65. The number of hydrogen-bond donors (Lipinski definition) is 2. The van der Waals surface area contributed by atoms with E-state index in [1.165, 1.54) is 0 Å². The van der Waals surface area contributed by atoms with Gasteiger partial charge in [0.2, 0.25) is 5.91 Å². The quantitative estimate of drug-likeness (QED) is 0.593. The van der Waals surface area contributed by atoms with Gasteiger partial charge in [0.15, 0.2) is 5.82 Å². The van der Waals surface area contributed by atoms with Crippen molar-refractivity contribution in [2.45, 2.75) is 31.6 Å². The molecule has 28 heavy (non-hydrogen) atoms. The Morgan fingerprint density at radius 2 is 2.04 bits per heavy atom. The van der Waals surface area contributed by atoms with E-state index >= 15 is 0 Å². The molecule has 0 aliphatic heterocycles. The molecule has 3 aromatic rings. The minimum Gasteiger partial charge on any atom is -0.399 e. The molecule has 7 nitrogen and oxygen atoms in total. The van der Waals surface area contributed by atoms with E-state index in [1.807, 2.05) is 24.3 Å². The highest BCUT2D eigenvalue weighted by Crippen LogP contribution is 2.40. The fraction of sp³-hybridized carbons (Fsp3) is 0.263. The Hall–Kier alpha value is -2.64. The van der Waals surface area contributed by atoms with Gasteiger partial charge in [0.1, 0.15) is 0 Å². The van der Waals surface area contributed by atoms with E-state index in [4.69, 9.17) is 17.3 Å². The zero-order valence-corrected chi connectivity index (χ0v) is 16.6. The SMILES string of the molecule is Cl.Nc1ccccc1CCC(=O)Nc1ccc(Cl)c(-n2nnnc2C2CC2)c1. The van der Waals surface area contributed by atoms with E-state index in [0.717, 1.165) is 24.2 Å². The van der Waals surface area contributed by atoms with E-state index < -0.39 is 0 Å². The van der Waals surface area contributed by atoms with Gasteiger partial charge in [-0.2, -0.15) is 4.68 Å². The Labute approximate surface area is 173 Å². The average Bonchev–Trinajstić information content (AvgIpc) is 3.39. The number of aryl methyl sites for hydroxylation is 1. The van der Waals surface area contributed by atoms with Crippen LogP contribution in [-0.2, 0) is 11.2 Å². The predicted molar refractivity (Wildman–Crippen MR) is 111 cm³/mol. The van der Waals surface area contributed by atoms with Crippen molar-refractivity contribution in [2.24, 2.45) is 0 Å². The first kappa shape index (κ1) is 20.1. The number of rotatable bonds is 6. The molecule has 1 fully saturated rings. The minimum atomic E-state index is -0.0920. The summed E-state index contributed by atoms with van der Waals surface area (Å²) in [5.41, 5.74) is 8.90. The number of anilines is 2. The van der Waals surface area contributed by atoms with Crippen molar-refractivity contribution in [3.63, 3.8) is 0 Å². The molecule has 1 aromatic heterocycles. The van der Waals surface area contributed by atoms with E-state index in [9.17, 15) is 4.79 Å². The second-order valence-electron chi connectivity index (χ2n) is 6.64. The van der Waals surface area contributed by atoms with Gasteiger partial charge in [-0.25, -0.2) is 0 Å². The molecule has 9 heteroatoms. The lowest BCUT2D eigenvalue weighted by molar-refractivity contribution is -0.116. The molecule has 1 aliphatic rings. The third-order valence-electron chi connectivity index (χ3n) is 4.57. The van der Waals surface area contributed by atoms with Crippen LogP contribution in [0.5, 0.6) is 0 Å². The van der Waals surface area contributed by atoms with Gasteiger partial charge in [-0.1, -0.05) is 29.8 Å². The lowest BCUT2D eigenvalue weighted by Gasteiger charge is -2.10. The molecule has 1 heterocycles. The number of nitrogen functional groups attached to an aromatic ring is 1. The van der Waals surface area contributed by atoms with Gasteiger partial charge in [0.25, 0.3) is 0 Å². The highest BCUT2D eigenvalue weighted by molar-refractivity contribution is 6.32. The van der Waals surface area contributed by atoms with Crippen molar-refractivity contribution in [3.05, 3.63) is 58.9 Å². The summed E-state index contributed by atoms with van der Waals surface area (Å²) in [6.07, 6.45) is 3.08. The molecule has 0 atom stereocenters. The maximum absolute atomic E-state index is 12.3. The zero-order valence-electron chi connectivity index (χ0n) is 15.0. The molecule has 0 bridgehead atoms. The van der Waals surface area contributed by atoms with E-state index in [2.05, 4.69) is 20.8 Å². The molecule has 1 aliphatic carbocycles. The van der Waals surface area contributed by atoms with Crippen molar-refractivity contribution < 1.29 is 4.79 Å². The number of halogens is 2. The van der Waals surface area contributed by atoms with E-state index in [0.29, 0.717) is 40.8 Å². The van der Waals surface area contributed by atoms with E-state index in [1.54, 1.807) is 22.9 Å². The number of benzene rings is 2. The fourth-order valence-electron chi connectivity index (χ4n) is 2.95. The fourth-order valence-corrected chi connectivity index (χ4v) is 3.15. The molecule has 4 rings (SSSR count). The number of aromatic nitrogens is 4. The summed E-state index contributed by atoms with van der Waals surface area (Å²) in [6, 6.07) is 12.9. The maximum Gasteiger partial charge on any atom is 0.224 e. The molecular weight excluding hydrogens is 399 g/mol. The first-order valence-electron chi connectivity index (χ1n) is 8.83. The maximum atomic E-state index is 12.3. The monoisotopic (exact) mass is 418 g/mol. The van der Waals surface area contributed by atoms with Crippen LogP contribution < -0.4 is 11.1 Å². The van der Waals surface area contributed by atoms with Crippen molar-refractivity contribution in [1.82, 2.24) is 20.2 Å². The Balaban J connectivity index is 0.00000225. The number of tetrazole rings is 1. The lowest BCUT2D eigenvalue weighted by Crippen LogP contribution is -2.13. The number of hydrogen-bond acceptors (Lipinski definition) is 5. The highest BCUT2D eigenvalue weighted by Gasteiger charge is 2.30. The summed E-state index contributed by atoms with van der Waals surface area (Å²) in [5.74, 6) is 1.09. The molecule has 1 saturated carbocycles. The van der Waals surface area contributed by atoms with Gasteiger partial charge in [0, 0.05) is 23.7 Å². The number of nitrogens with zero attached hydrogens (tertiary/aromatic N) is 4. The molecule has 0 spiro atoms. The molecule has 1 amide bonds. The van der Waals surface area contributed by atoms with Gasteiger partial charge in [-0.15, -0.1) is 17.5 Å². The number of carbonyl (C=O) groups is 1. The molecule has 3 N–H and O–H groups in total. The number of carbonyl (C=O) groups excluding carboxylic acids is 1. The van der Waals surface area contributed by atoms with Crippen LogP contribution >= 0.6 is 24.0 Å². The summed E-state index contributed by atoms with van der Waals surface area (Å²) >= 11 is 6.34. The van der Waals surface area contributed by atoms with Crippen LogP contribution in [0.2, 0.25) is 5.02 Å². The van der Waals surface area contributed by atoms with Crippen LogP contribution in [0.4, 0.5) is 11.4 Å². The van der Waals surface area contributed by atoms with Crippen molar-refractivity contribution in [3.8, 4) is 5.69 Å². The Morgan fingerprint density at radius 3 is 2.79 bits per heavy atom. The van der Waals surface area contributed by atoms with Crippen LogP contribution in [0.3, 0.4) is 0 Å². The Bertz CT molecular complexity index is 986. The molecule has 0 radical (unpaired) electrons. The minimum absolute atomic E-state index is 0. The number of para-hydroxylation sites is 1. The summed E-state index contributed by atoms with van der Waals surface area (Å²) in [6.45, 7) is 0. The number of nitrogens with two attached hydrogens (primary N) is 1. The Morgan fingerprint density at radius 1 is 1.25 bits per heavy atom. The normalized spacial score (nSPS) is 13.0. The van der Waals surface area contributed by atoms with Gasteiger partial charge in [0.05, 0.1) is 10.7 Å². The van der Waals surface area contributed by atoms with Crippen LogP contribution in [0.1, 0.15) is 36.6 Å². The Kier molecular flexibility index (Phi) is 6.16. The van der Waals surface area contributed by atoms with Gasteiger partial charge in [-0.3, -0.25) is 4.79 Å². The van der Waals surface area contributed by atoms with Crippen LogP contribution in [0.25, 0.3) is 5.69 Å². The topological polar surface area (TPSA) is 98.7 Å². The first-order valence-corrected chi connectivity index (χ1v) is 9.21. The van der Waals surface area contributed by atoms with Crippen LogP contribution in [0, 0.1) is 0 Å². The molecule has 0 unspecified atom stereocenters. The largest absolute Gasteiger partial charge is 0.399 e. The second kappa shape index (κ2) is 8.58. The average molecular weight is 419 g/mol. The second-order valence-corrected chi connectivity index (χ2v) is 7.04. The van der Waals surface area contributed by atoms with Gasteiger partial charge >= 0.3 is 0 Å². The van der Waals surface area contributed by atoms with Crippen LogP contribution in [-0.4, -0.2) is 26.1 Å². The number of amides is 1. The molecule has 2 aromatic carbocycles. The standard InChI is InChI=1S/C19H19ClN6O.ClH/c20-15-9-8-14(11-17(15)26-19(13-5-6-13)23-24-25-26)22-18(27)10-7-12-3-1-2-4-16(12)21;/h1-4,8-9,11,13H,5-7,10,21H2,(H,22,27);1H. The van der Waals surface area contributed by atoms with Crippen LogP contribution in [0.15, 0.2) is 42.5 Å². The molecule has 0 saturated heterocycles. The number of nitrogens with one attached hydrogen (secondary N) is 1.